The smallest absolute Gasteiger partial charge is 0.450 e. The Kier molecular flexibility index (Phi) is 7.64. The summed E-state index contributed by atoms with van der Waals surface area (Å²) in [6.07, 6.45) is -1.83. The van der Waals surface area contributed by atoms with Crippen molar-refractivity contribution in [3.63, 3.8) is 0 Å². The van der Waals surface area contributed by atoms with Gasteiger partial charge < -0.3 is 21.7 Å². The van der Waals surface area contributed by atoms with Crippen LogP contribution in [-0.2, 0) is 0 Å². The second-order valence-electron chi connectivity index (χ2n) is 0.931. The highest BCUT2D eigenvalue weighted by Crippen LogP contribution is 1.42. The van der Waals surface area contributed by atoms with Gasteiger partial charge in [0, 0.05) is 7.05 Å². The highest BCUT2D eigenvalue weighted by molar-refractivity contribution is 5.75. The summed E-state index contributed by atoms with van der Waals surface area (Å²) in [6.45, 7) is 0. The largest absolute Gasteiger partial charge is 0.503 e. The Morgan fingerprint density at radius 2 is 1.56 bits per heavy atom. The van der Waals surface area contributed by atoms with E-state index < -0.39 is 6.16 Å². The molecule has 0 aromatic rings. The van der Waals surface area contributed by atoms with Gasteiger partial charge in [-0.3, -0.25) is 4.99 Å². The third-order valence-corrected chi connectivity index (χ3v) is 0.258. The zero-order chi connectivity index (χ0) is 7.86. The molecule has 0 rings (SSSR count). The molecule has 9 heavy (non-hydrogen) atoms. The van der Waals surface area contributed by atoms with Gasteiger partial charge in [-0.2, -0.15) is 0 Å². The lowest BCUT2D eigenvalue weighted by Gasteiger charge is -1.77. The second kappa shape index (κ2) is 6.54. The maximum atomic E-state index is 8.56. The van der Waals surface area contributed by atoms with Gasteiger partial charge in [0.1, 0.15) is 0 Å². The van der Waals surface area contributed by atoms with Crippen molar-refractivity contribution in [1.82, 2.24) is 0 Å². The Morgan fingerprint density at radius 3 is 1.56 bits per heavy atom. The summed E-state index contributed by atoms with van der Waals surface area (Å²) in [5.74, 6) is 0.130. The SMILES string of the molecule is CN=C(N)N.O=C(O)O. The van der Waals surface area contributed by atoms with E-state index in [2.05, 4.69) is 4.99 Å². The molecule has 0 aliphatic carbocycles. The number of aliphatic imine (C=N–C) groups is 1. The molecule has 0 saturated carbocycles. The average Bonchev–Trinajstić information content (AvgIpc) is 1.65. The van der Waals surface area contributed by atoms with Crippen LogP contribution in [-0.4, -0.2) is 29.4 Å². The molecule has 0 fully saturated rings. The minimum Gasteiger partial charge on any atom is -0.450 e. The Hall–Kier alpha value is -1.46. The summed E-state index contributed by atoms with van der Waals surface area (Å²) in [4.78, 5) is 11.9. The van der Waals surface area contributed by atoms with Crippen molar-refractivity contribution in [1.29, 1.82) is 0 Å². The molecule has 0 atom stereocenters. The minimum absolute atomic E-state index is 0.130. The van der Waals surface area contributed by atoms with Crippen LogP contribution in [0.2, 0.25) is 0 Å². The van der Waals surface area contributed by atoms with Gasteiger partial charge >= 0.3 is 6.16 Å². The number of carbonyl (C=O) groups is 1. The summed E-state index contributed by atoms with van der Waals surface area (Å²) >= 11 is 0. The van der Waals surface area contributed by atoms with Crippen molar-refractivity contribution in [2.75, 3.05) is 7.05 Å². The molecule has 0 unspecified atom stereocenters. The Balaban J connectivity index is 0. The van der Waals surface area contributed by atoms with E-state index in [0.717, 1.165) is 0 Å². The zero-order valence-electron chi connectivity index (χ0n) is 4.90. The van der Waals surface area contributed by atoms with Crippen LogP contribution in [0.5, 0.6) is 0 Å². The lowest BCUT2D eigenvalue weighted by Crippen LogP contribution is -2.21. The fourth-order valence-electron chi connectivity index (χ4n) is 0. The van der Waals surface area contributed by atoms with Gasteiger partial charge in [-0.25, -0.2) is 4.79 Å². The van der Waals surface area contributed by atoms with Gasteiger partial charge in [0.05, 0.1) is 0 Å². The number of hydrogen-bond donors (Lipinski definition) is 4. The summed E-state index contributed by atoms with van der Waals surface area (Å²) in [6, 6.07) is 0. The van der Waals surface area contributed by atoms with Gasteiger partial charge in [0.25, 0.3) is 0 Å². The van der Waals surface area contributed by atoms with Crippen molar-refractivity contribution in [3.05, 3.63) is 0 Å². The average molecular weight is 135 g/mol. The van der Waals surface area contributed by atoms with E-state index in [-0.39, 0.29) is 5.96 Å². The van der Waals surface area contributed by atoms with Crippen molar-refractivity contribution in [2.45, 2.75) is 0 Å². The van der Waals surface area contributed by atoms with E-state index in [1.807, 2.05) is 0 Å². The molecule has 6 nitrogen and oxygen atoms in total. The van der Waals surface area contributed by atoms with Crippen LogP contribution in [0.1, 0.15) is 0 Å². The first-order valence-corrected chi connectivity index (χ1v) is 1.90. The second-order valence-corrected chi connectivity index (χ2v) is 0.931. The monoisotopic (exact) mass is 135 g/mol. The van der Waals surface area contributed by atoms with Crippen LogP contribution in [0.3, 0.4) is 0 Å². The van der Waals surface area contributed by atoms with Crippen LogP contribution in [0.4, 0.5) is 4.79 Å². The van der Waals surface area contributed by atoms with E-state index in [0.29, 0.717) is 0 Å². The molecule has 0 bridgehead atoms. The van der Waals surface area contributed by atoms with E-state index in [4.69, 9.17) is 26.5 Å². The molecule has 6 N–H and O–H groups in total. The number of carboxylic acid groups (broad SMARTS) is 2. The fourth-order valence-corrected chi connectivity index (χ4v) is 0. The first-order valence-electron chi connectivity index (χ1n) is 1.90. The van der Waals surface area contributed by atoms with Gasteiger partial charge in [0.2, 0.25) is 0 Å². The van der Waals surface area contributed by atoms with E-state index in [1.165, 1.54) is 7.05 Å². The summed E-state index contributed by atoms with van der Waals surface area (Å²) < 4.78 is 0. The van der Waals surface area contributed by atoms with E-state index >= 15 is 0 Å². The van der Waals surface area contributed by atoms with Crippen molar-refractivity contribution < 1.29 is 15.0 Å². The molecule has 0 aliphatic heterocycles. The van der Waals surface area contributed by atoms with Gasteiger partial charge in [-0.15, -0.1) is 0 Å². The van der Waals surface area contributed by atoms with Crippen LogP contribution >= 0.6 is 0 Å². The van der Waals surface area contributed by atoms with Crippen LogP contribution < -0.4 is 11.5 Å². The molecule has 0 saturated heterocycles. The standard InChI is InChI=1S/C2H7N3.CH2O3/c1-5-2(3)4;2-1(3)4/h1H3,(H4,3,4,5);(H2,2,3,4). The normalized spacial score (nSPS) is 6.33. The van der Waals surface area contributed by atoms with E-state index in [1.54, 1.807) is 0 Å². The maximum absolute atomic E-state index is 8.56. The Morgan fingerprint density at radius 1 is 1.44 bits per heavy atom. The van der Waals surface area contributed by atoms with Crippen molar-refractivity contribution >= 4 is 12.1 Å². The van der Waals surface area contributed by atoms with Crippen LogP contribution in [0.15, 0.2) is 4.99 Å². The van der Waals surface area contributed by atoms with Gasteiger partial charge in [-0.05, 0) is 0 Å². The Labute approximate surface area is 51.8 Å². The van der Waals surface area contributed by atoms with Gasteiger partial charge in [-0.1, -0.05) is 0 Å². The lowest BCUT2D eigenvalue weighted by atomic mass is 11.1. The summed E-state index contributed by atoms with van der Waals surface area (Å²) in [5, 5.41) is 13.9. The van der Waals surface area contributed by atoms with E-state index in [9.17, 15) is 0 Å². The molecular formula is C3H9N3O3. The van der Waals surface area contributed by atoms with Crippen LogP contribution in [0.25, 0.3) is 0 Å². The minimum atomic E-state index is -1.83. The molecular weight excluding hydrogens is 126 g/mol. The molecule has 0 heterocycles. The molecule has 6 heteroatoms. The summed E-state index contributed by atoms with van der Waals surface area (Å²) in [7, 11) is 1.54. The number of nitrogens with zero attached hydrogens (tertiary/aromatic N) is 1. The molecule has 0 aromatic carbocycles. The molecule has 0 amide bonds. The third kappa shape index (κ3) is 462. The first kappa shape index (κ1) is 10.5. The lowest BCUT2D eigenvalue weighted by molar-refractivity contribution is 0.137. The number of guanidine groups is 1. The van der Waals surface area contributed by atoms with Crippen molar-refractivity contribution in [2.24, 2.45) is 16.5 Å². The van der Waals surface area contributed by atoms with Crippen molar-refractivity contribution in [3.8, 4) is 0 Å². The third-order valence-electron chi connectivity index (χ3n) is 0.258. The highest BCUT2D eigenvalue weighted by atomic mass is 16.6. The topological polar surface area (TPSA) is 122 Å². The van der Waals surface area contributed by atoms with Crippen LogP contribution in [0, 0.1) is 0 Å². The highest BCUT2D eigenvalue weighted by Gasteiger charge is 1.70. The number of rotatable bonds is 0. The predicted molar refractivity (Wildman–Crippen MR) is 32.4 cm³/mol. The molecule has 54 valence electrons. The quantitative estimate of drug-likeness (QED) is 0.253. The maximum Gasteiger partial charge on any atom is 0.503 e. The number of hydrogen-bond acceptors (Lipinski definition) is 2. The molecule has 0 radical (unpaired) electrons. The first-order chi connectivity index (χ1) is 4.00. The molecule has 0 aromatic heterocycles. The predicted octanol–water partition coefficient (Wildman–Crippen LogP) is -0.888. The molecule has 0 aliphatic rings. The number of nitrogens with two attached hydrogens (primary N) is 2. The molecule has 0 spiro atoms. The fraction of sp³-hybridized carbons (Fsp3) is 0.333. The van der Waals surface area contributed by atoms with Gasteiger partial charge in [0.15, 0.2) is 5.96 Å². The zero-order valence-corrected chi connectivity index (χ0v) is 4.90. The Bertz CT molecular complexity index is 103. The summed E-state index contributed by atoms with van der Waals surface area (Å²) in [5.41, 5.74) is 9.64.